The second-order valence-electron chi connectivity index (χ2n) is 5.24. The Bertz CT molecular complexity index is 584. The van der Waals surface area contributed by atoms with Gasteiger partial charge in [-0.1, -0.05) is 25.1 Å². The second kappa shape index (κ2) is 7.56. The topological polar surface area (TPSA) is 66.5 Å². The Balaban J connectivity index is 2.65. The molecular weight excluding hydrogens is 288 g/mol. The molecule has 0 aromatic heterocycles. The van der Waals surface area contributed by atoms with Crippen LogP contribution in [0.25, 0.3) is 0 Å². The Hall–Kier alpha value is -1.40. The first-order valence-corrected chi connectivity index (χ1v) is 8.92. The monoisotopic (exact) mass is 312 g/mol. The number of nitrogens with zero attached hydrogens (tertiary/aromatic N) is 1. The van der Waals surface area contributed by atoms with E-state index in [-0.39, 0.29) is 24.9 Å². The van der Waals surface area contributed by atoms with E-state index in [9.17, 15) is 13.2 Å². The lowest BCUT2D eigenvalue weighted by Gasteiger charge is -2.25. The molecule has 0 heterocycles. The van der Waals surface area contributed by atoms with Crippen molar-refractivity contribution in [1.82, 2.24) is 4.31 Å². The Labute approximate surface area is 127 Å². The van der Waals surface area contributed by atoms with Crippen LogP contribution in [0.5, 0.6) is 0 Å². The molecular formula is C15H24N2O3S. The molecule has 1 unspecified atom stereocenters. The number of sulfonamides is 1. The van der Waals surface area contributed by atoms with Crippen LogP contribution >= 0.6 is 0 Å². The highest BCUT2D eigenvalue weighted by Crippen LogP contribution is 2.14. The molecule has 1 atom stereocenters. The van der Waals surface area contributed by atoms with Crippen molar-refractivity contribution in [3.63, 3.8) is 0 Å². The van der Waals surface area contributed by atoms with Gasteiger partial charge in [0.05, 0.1) is 6.26 Å². The van der Waals surface area contributed by atoms with Gasteiger partial charge in [-0.3, -0.25) is 4.79 Å². The van der Waals surface area contributed by atoms with Crippen molar-refractivity contribution in [1.29, 1.82) is 0 Å². The van der Waals surface area contributed by atoms with E-state index in [4.69, 9.17) is 0 Å². The maximum Gasteiger partial charge on any atom is 0.225 e. The van der Waals surface area contributed by atoms with Gasteiger partial charge in [-0.05, 0) is 31.9 Å². The number of carbonyl (C=O) groups is 1. The zero-order valence-corrected chi connectivity index (χ0v) is 13.9. The largest absolute Gasteiger partial charge is 0.326 e. The lowest BCUT2D eigenvalue weighted by atomic mass is 10.2. The van der Waals surface area contributed by atoms with Crippen LogP contribution in [0.4, 0.5) is 5.69 Å². The molecule has 0 spiro atoms. The lowest BCUT2D eigenvalue weighted by molar-refractivity contribution is -0.116. The molecule has 0 aliphatic rings. The number of anilines is 1. The number of carbonyl (C=O) groups excluding carboxylic acids is 1. The predicted octanol–water partition coefficient (Wildman–Crippen LogP) is 2.38. The fraction of sp³-hybridized carbons (Fsp3) is 0.533. The van der Waals surface area contributed by atoms with Crippen molar-refractivity contribution >= 4 is 21.6 Å². The number of rotatable bonds is 7. The molecule has 0 bridgehead atoms. The van der Waals surface area contributed by atoms with E-state index in [1.54, 1.807) is 0 Å². The zero-order chi connectivity index (χ0) is 16.0. The van der Waals surface area contributed by atoms with Crippen LogP contribution < -0.4 is 5.32 Å². The van der Waals surface area contributed by atoms with Crippen molar-refractivity contribution in [3.8, 4) is 0 Å². The van der Waals surface area contributed by atoms with Crippen molar-refractivity contribution in [2.45, 2.75) is 39.7 Å². The van der Waals surface area contributed by atoms with Gasteiger partial charge in [0, 0.05) is 24.7 Å². The van der Waals surface area contributed by atoms with Gasteiger partial charge in [0.1, 0.15) is 0 Å². The van der Waals surface area contributed by atoms with Crippen LogP contribution in [0.2, 0.25) is 0 Å². The number of nitrogens with one attached hydrogen (secondary N) is 1. The van der Waals surface area contributed by atoms with Gasteiger partial charge in [0.15, 0.2) is 0 Å². The predicted molar refractivity (Wildman–Crippen MR) is 85.7 cm³/mol. The van der Waals surface area contributed by atoms with Gasteiger partial charge in [0.2, 0.25) is 15.9 Å². The summed E-state index contributed by atoms with van der Waals surface area (Å²) in [7, 11) is -3.30. The standard InChI is InChI=1S/C15H24N2O3S/c1-5-13(3)17(21(4,19)20)11-10-15(18)16-14-9-7-6-8-12(14)2/h6-9,13H,5,10-11H2,1-4H3,(H,16,18). The van der Waals surface area contributed by atoms with Crippen LogP contribution in [0.15, 0.2) is 24.3 Å². The molecule has 0 saturated carbocycles. The van der Waals surface area contributed by atoms with Crippen LogP contribution in [0.1, 0.15) is 32.3 Å². The Morgan fingerprint density at radius 2 is 1.95 bits per heavy atom. The number of aryl methyl sites for hydroxylation is 1. The second-order valence-corrected chi connectivity index (χ2v) is 7.18. The van der Waals surface area contributed by atoms with Gasteiger partial charge in [-0.25, -0.2) is 8.42 Å². The van der Waals surface area contributed by atoms with Crippen LogP contribution in [-0.2, 0) is 14.8 Å². The van der Waals surface area contributed by atoms with Crippen LogP contribution in [0, 0.1) is 6.92 Å². The molecule has 0 fully saturated rings. The van der Waals surface area contributed by atoms with Crippen molar-refractivity contribution in [2.24, 2.45) is 0 Å². The molecule has 6 heteroatoms. The number of hydrogen-bond donors (Lipinski definition) is 1. The van der Waals surface area contributed by atoms with Crippen molar-refractivity contribution < 1.29 is 13.2 Å². The smallest absolute Gasteiger partial charge is 0.225 e. The summed E-state index contributed by atoms with van der Waals surface area (Å²) in [4.78, 5) is 12.0. The fourth-order valence-corrected chi connectivity index (χ4v) is 3.28. The summed E-state index contributed by atoms with van der Waals surface area (Å²) in [5.41, 5.74) is 1.74. The van der Waals surface area contributed by atoms with Crippen LogP contribution in [0.3, 0.4) is 0 Å². The van der Waals surface area contributed by atoms with Gasteiger partial charge < -0.3 is 5.32 Å². The molecule has 1 aromatic rings. The molecule has 0 saturated heterocycles. The number of para-hydroxylation sites is 1. The molecule has 5 nitrogen and oxygen atoms in total. The quantitative estimate of drug-likeness (QED) is 0.840. The van der Waals surface area contributed by atoms with E-state index in [0.29, 0.717) is 6.42 Å². The van der Waals surface area contributed by atoms with Crippen LogP contribution in [-0.4, -0.2) is 37.5 Å². The fourth-order valence-electron chi connectivity index (χ4n) is 2.05. The SMILES string of the molecule is CCC(C)N(CCC(=O)Nc1ccccc1C)S(C)(=O)=O. The Kier molecular flexibility index (Phi) is 6.36. The Morgan fingerprint density at radius 1 is 1.33 bits per heavy atom. The molecule has 118 valence electrons. The van der Waals surface area contributed by atoms with Gasteiger partial charge in [0.25, 0.3) is 0 Å². The van der Waals surface area contributed by atoms with Crippen molar-refractivity contribution in [3.05, 3.63) is 29.8 Å². The molecule has 21 heavy (non-hydrogen) atoms. The van der Waals surface area contributed by atoms with E-state index >= 15 is 0 Å². The lowest BCUT2D eigenvalue weighted by Crippen LogP contribution is -2.39. The van der Waals surface area contributed by atoms with E-state index < -0.39 is 10.0 Å². The Morgan fingerprint density at radius 3 is 2.48 bits per heavy atom. The average molecular weight is 312 g/mol. The average Bonchev–Trinajstić information content (AvgIpc) is 2.39. The molecule has 0 aliphatic heterocycles. The first-order valence-electron chi connectivity index (χ1n) is 7.08. The minimum atomic E-state index is -3.30. The number of hydrogen-bond acceptors (Lipinski definition) is 3. The highest BCUT2D eigenvalue weighted by atomic mass is 32.2. The molecule has 1 amide bonds. The summed E-state index contributed by atoms with van der Waals surface area (Å²) in [5, 5.41) is 2.81. The van der Waals surface area contributed by atoms with E-state index in [0.717, 1.165) is 11.3 Å². The van der Waals surface area contributed by atoms with E-state index in [1.807, 2.05) is 45.0 Å². The minimum Gasteiger partial charge on any atom is -0.326 e. The summed E-state index contributed by atoms with van der Waals surface area (Å²) in [6, 6.07) is 7.39. The summed E-state index contributed by atoms with van der Waals surface area (Å²) in [6.07, 6.45) is 2.04. The maximum absolute atomic E-state index is 12.0. The van der Waals surface area contributed by atoms with Gasteiger partial charge in [-0.15, -0.1) is 0 Å². The first kappa shape index (κ1) is 17.7. The van der Waals surface area contributed by atoms with Gasteiger partial charge in [-0.2, -0.15) is 4.31 Å². The molecule has 1 N–H and O–H groups in total. The van der Waals surface area contributed by atoms with E-state index in [1.165, 1.54) is 10.6 Å². The minimum absolute atomic E-state index is 0.105. The zero-order valence-electron chi connectivity index (χ0n) is 13.1. The summed E-state index contributed by atoms with van der Waals surface area (Å²) in [6.45, 7) is 5.89. The third-order valence-electron chi connectivity index (χ3n) is 3.49. The molecule has 1 aromatic carbocycles. The first-order chi connectivity index (χ1) is 9.75. The van der Waals surface area contributed by atoms with Crippen molar-refractivity contribution in [2.75, 3.05) is 18.1 Å². The van der Waals surface area contributed by atoms with E-state index in [2.05, 4.69) is 5.32 Å². The third-order valence-corrected chi connectivity index (χ3v) is 4.88. The van der Waals surface area contributed by atoms with Gasteiger partial charge >= 0.3 is 0 Å². The summed E-state index contributed by atoms with van der Waals surface area (Å²) >= 11 is 0. The maximum atomic E-state index is 12.0. The molecule has 0 aliphatic carbocycles. The highest BCUT2D eigenvalue weighted by Gasteiger charge is 2.22. The number of benzene rings is 1. The summed E-state index contributed by atoms with van der Waals surface area (Å²) < 4.78 is 24.9. The third kappa shape index (κ3) is 5.47. The molecule has 0 radical (unpaired) electrons. The number of amides is 1. The molecule has 1 rings (SSSR count). The summed E-state index contributed by atoms with van der Waals surface area (Å²) in [5.74, 6) is -0.179. The normalized spacial score (nSPS) is 13.2. The highest BCUT2D eigenvalue weighted by molar-refractivity contribution is 7.88.